The molecule has 1 N–H and O–H groups in total. The normalized spacial score (nSPS) is 17.6. The van der Waals surface area contributed by atoms with Gasteiger partial charge < -0.3 is 15.0 Å². The third kappa shape index (κ3) is 4.90. The number of benzene rings is 1. The predicted molar refractivity (Wildman–Crippen MR) is 110 cm³/mol. The first-order valence-corrected chi connectivity index (χ1v) is 10.6. The summed E-state index contributed by atoms with van der Waals surface area (Å²) >= 11 is 4.71. The number of hydrogen-bond acceptors (Lipinski definition) is 4. The van der Waals surface area contributed by atoms with Crippen LogP contribution in [0.4, 0.5) is 0 Å². The van der Waals surface area contributed by atoms with Crippen molar-refractivity contribution in [3.63, 3.8) is 0 Å². The van der Waals surface area contributed by atoms with E-state index in [-0.39, 0.29) is 17.9 Å². The molecule has 2 atom stereocenters. The molecule has 27 heavy (non-hydrogen) atoms. The largest absolute Gasteiger partial charge is 0.497 e. The monoisotopic (exact) mass is 450 g/mol. The van der Waals surface area contributed by atoms with E-state index in [0.29, 0.717) is 4.88 Å². The van der Waals surface area contributed by atoms with E-state index < -0.39 is 6.04 Å². The summed E-state index contributed by atoms with van der Waals surface area (Å²) < 4.78 is 6.18. The molecule has 0 saturated carbocycles. The molecule has 0 bridgehead atoms. The molecule has 2 heterocycles. The predicted octanol–water partition coefficient (Wildman–Crippen LogP) is 3.87. The standard InChI is InChI=1S/C20H23BrN2O3S/c1-13(22-19(24)17-8-9-18(21)27-17)20(25)23-10-4-6-15(23)11-14-5-3-7-16(12-14)26-2/h3,5,7-9,12-13,15H,4,6,10-11H2,1-2H3,(H,22,24). The van der Waals surface area contributed by atoms with Gasteiger partial charge in [0, 0.05) is 12.6 Å². The number of rotatable bonds is 6. The van der Waals surface area contributed by atoms with Crippen LogP contribution in [0.5, 0.6) is 5.75 Å². The number of ether oxygens (including phenoxy) is 1. The molecule has 2 aromatic rings. The van der Waals surface area contributed by atoms with Crippen molar-refractivity contribution in [2.24, 2.45) is 0 Å². The van der Waals surface area contributed by atoms with Crippen molar-refractivity contribution >= 4 is 39.1 Å². The molecule has 1 aromatic heterocycles. The lowest BCUT2D eigenvalue weighted by Gasteiger charge is -2.28. The molecule has 1 fully saturated rings. The van der Waals surface area contributed by atoms with Gasteiger partial charge >= 0.3 is 0 Å². The molecule has 2 unspecified atom stereocenters. The van der Waals surface area contributed by atoms with Crippen LogP contribution in [-0.4, -0.2) is 42.5 Å². The van der Waals surface area contributed by atoms with Gasteiger partial charge in [0.25, 0.3) is 5.91 Å². The molecule has 5 nitrogen and oxygen atoms in total. The van der Waals surface area contributed by atoms with Gasteiger partial charge in [-0.15, -0.1) is 11.3 Å². The number of hydrogen-bond donors (Lipinski definition) is 1. The summed E-state index contributed by atoms with van der Waals surface area (Å²) in [5.41, 5.74) is 1.15. The Balaban J connectivity index is 1.62. The van der Waals surface area contributed by atoms with Crippen molar-refractivity contribution in [2.75, 3.05) is 13.7 Å². The quantitative estimate of drug-likeness (QED) is 0.726. The zero-order valence-electron chi connectivity index (χ0n) is 15.4. The smallest absolute Gasteiger partial charge is 0.262 e. The minimum Gasteiger partial charge on any atom is -0.497 e. The number of carbonyl (C=O) groups excluding carboxylic acids is 2. The Morgan fingerprint density at radius 2 is 2.19 bits per heavy atom. The minimum atomic E-state index is -0.552. The third-order valence-electron chi connectivity index (χ3n) is 4.78. The SMILES string of the molecule is COc1cccc(CC2CCCN2C(=O)C(C)NC(=O)c2ccc(Br)s2)c1. The number of thiophene rings is 1. The Kier molecular flexibility index (Phi) is 6.55. The molecule has 1 saturated heterocycles. The Labute approximate surface area is 171 Å². The Hall–Kier alpha value is -1.86. The van der Waals surface area contributed by atoms with Gasteiger partial charge in [0.2, 0.25) is 5.91 Å². The van der Waals surface area contributed by atoms with Gasteiger partial charge in [-0.05, 0) is 71.9 Å². The number of nitrogens with zero attached hydrogens (tertiary/aromatic N) is 1. The lowest BCUT2D eigenvalue weighted by Crippen LogP contribution is -2.48. The van der Waals surface area contributed by atoms with Gasteiger partial charge in [0.15, 0.2) is 0 Å². The zero-order chi connectivity index (χ0) is 19.4. The second-order valence-corrected chi connectivity index (χ2v) is 9.15. The number of halogens is 1. The molecule has 1 aliphatic rings. The van der Waals surface area contributed by atoms with Gasteiger partial charge in [-0.1, -0.05) is 12.1 Å². The molecule has 0 spiro atoms. The number of likely N-dealkylation sites (tertiary alicyclic amines) is 1. The Morgan fingerprint density at radius 3 is 2.89 bits per heavy atom. The van der Waals surface area contributed by atoms with Crippen molar-refractivity contribution < 1.29 is 14.3 Å². The number of carbonyl (C=O) groups is 2. The summed E-state index contributed by atoms with van der Waals surface area (Å²) in [7, 11) is 1.65. The molecule has 1 aromatic carbocycles. The van der Waals surface area contributed by atoms with E-state index in [0.717, 1.165) is 40.9 Å². The van der Waals surface area contributed by atoms with E-state index in [1.807, 2.05) is 29.2 Å². The Morgan fingerprint density at radius 1 is 1.37 bits per heavy atom. The molecule has 1 aliphatic heterocycles. The average Bonchev–Trinajstić information content (AvgIpc) is 3.30. The molecular formula is C20H23BrN2O3S. The molecule has 3 rings (SSSR count). The first kappa shape index (κ1) is 19.9. The van der Waals surface area contributed by atoms with Gasteiger partial charge in [-0.3, -0.25) is 9.59 Å². The first-order valence-electron chi connectivity index (χ1n) is 8.97. The van der Waals surface area contributed by atoms with E-state index in [1.54, 1.807) is 20.1 Å². The van der Waals surface area contributed by atoms with Crippen LogP contribution in [-0.2, 0) is 11.2 Å². The number of nitrogens with one attached hydrogen (secondary N) is 1. The van der Waals surface area contributed by atoms with Crippen LogP contribution in [0.25, 0.3) is 0 Å². The summed E-state index contributed by atoms with van der Waals surface area (Å²) in [6.07, 6.45) is 2.75. The van der Waals surface area contributed by atoms with Crippen LogP contribution in [0.2, 0.25) is 0 Å². The van der Waals surface area contributed by atoms with Gasteiger partial charge in [-0.2, -0.15) is 0 Å². The molecule has 0 radical (unpaired) electrons. The maximum absolute atomic E-state index is 12.9. The highest BCUT2D eigenvalue weighted by Gasteiger charge is 2.32. The highest BCUT2D eigenvalue weighted by atomic mass is 79.9. The van der Waals surface area contributed by atoms with Crippen LogP contribution < -0.4 is 10.1 Å². The summed E-state index contributed by atoms with van der Waals surface area (Å²) in [6, 6.07) is 11.1. The van der Waals surface area contributed by atoms with Crippen molar-refractivity contribution in [3.05, 3.63) is 50.6 Å². The average molecular weight is 451 g/mol. The fourth-order valence-corrected chi connectivity index (χ4v) is 4.71. The third-order valence-corrected chi connectivity index (χ3v) is 6.40. The fraction of sp³-hybridized carbons (Fsp3) is 0.400. The van der Waals surface area contributed by atoms with Crippen molar-refractivity contribution in [3.8, 4) is 5.75 Å². The van der Waals surface area contributed by atoms with Gasteiger partial charge in [0.05, 0.1) is 15.8 Å². The van der Waals surface area contributed by atoms with E-state index in [9.17, 15) is 9.59 Å². The van der Waals surface area contributed by atoms with Gasteiger partial charge in [0.1, 0.15) is 11.8 Å². The summed E-state index contributed by atoms with van der Waals surface area (Å²) in [5, 5.41) is 2.83. The van der Waals surface area contributed by atoms with E-state index in [2.05, 4.69) is 27.3 Å². The minimum absolute atomic E-state index is 0.0237. The van der Waals surface area contributed by atoms with Crippen LogP contribution in [0.1, 0.15) is 35.0 Å². The second kappa shape index (κ2) is 8.89. The molecular weight excluding hydrogens is 428 g/mol. The van der Waals surface area contributed by atoms with E-state index in [1.165, 1.54) is 11.3 Å². The number of methoxy groups -OCH3 is 1. The topological polar surface area (TPSA) is 58.6 Å². The molecule has 144 valence electrons. The van der Waals surface area contributed by atoms with E-state index in [4.69, 9.17) is 4.74 Å². The maximum Gasteiger partial charge on any atom is 0.262 e. The fourth-order valence-electron chi connectivity index (χ4n) is 3.42. The summed E-state index contributed by atoms with van der Waals surface area (Å²) in [5.74, 6) is 0.588. The molecule has 7 heteroatoms. The highest BCUT2D eigenvalue weighted by molar-refractivity contribution is 9.11. The first-order chi connectivity index (χ1) is 13.0. The van der Waals surface area contributed by atoms with Crippen LogP contribution in [0.3, 0.4) is 0 Å². The zero-order valence-corrected chi connectivity index (χ0v) is 17.8. The van der Waals surface area contributed by atoms with Crippen LogP contribution >= 0.6 is 27.3 Å². The van der Waals surface area contributed by atoms with Gasteiger partial charge in [-0.25, -0.2) is 0 Å². The van der Waals surface area contributed by atoms with Crippen molar-refractivity contribution in [1.29, 1.82) is 0 Å². The maximum atomic E-state index is 12.9. The summed E-state index contributed by atoms with van der Waals surface area (Å²) in [4.78, 5) is 27.8. The van der Waals surface area contributed by atoms with Crippen LogP contribution in [0, 0.1) is 0 Å². The summed E-state index contributed by atoms with van der Waals surface area (Å²) in [6.45, 7) is 2.49. The van der Waals surface area contributed by atoms with Crippen molar-refractivity contribution in [1.82, 2.24) is 10.2 Å². The molecule has 0 aliphatic carbocycles. The van der Waals surface area contributed by atoms with E-state index >= 15 is 0 Å². The van der Waals surface area contributed by atoms with Crippen molar-refractivity contribution in [2.45, 2.75) is 38.3 Å². The Bertz CT molecular complexity index is 823. The lowest BCUT2D eigenvalue weighted by molar-refractivity contribution is -0.133. The second-order valence-electron chi connectivity index (χ2n) is 6.68. The van der Waals surface area contributed by atoms with Crippen LogP contribution in [0.15, 0.2) is 40.2 Å². The number of amides is 2. The highest BCUT2D eigenvalue weighted by Crippen LogP contribution is 2.25. The molecule has 2 amide bonds. The lowest BCUT2D eigenvalue weighted by atomic mass is 10.0.